The summed E-state index contributed by atoms with van der Waals surface area (Å²) in [5.74, 6) is 0.836. The number of hydrogen-bond donors (Lipinski definition) is 1. The lowest BCUT2D eigenvalue weighted by molar-refractivity contribution is 0.340. The lowest BCUT2D eigenvalue weighted by Gasteiger charge is -2.05. The molecule has 0 aliphatic rings. The number of benzene rings is 3. The Balaban J connectivity index is 1.41. The molecule has 0 atom stereocenters. The highest BCUT2D eigenvalue weighted by Crippen LogP contribution is 2.32. The number of nitrogens with one attached hydrogen (secondary N) is 1. The Morgan fingerprint density at radius 1 is 1.06 bits per heavy atom. The van der Waals surface area contributed by atoms with Gasteiger partial charge in [0.15, 0.2) is 0 Å². The van der Waals surface area contributed by atoms with Crippen molar-refractivity contribution in [2.75, 3.05) is 11.9 Å². The number of ether oxygens (including phenoxy) is 1. The number of nitriles is 1. The number of fused-ring (bicyclic) bond motifs is 3. The van der Waals surface area contributed by atoms with E-state index in [9.17, 15) is 5.26 Å². The van der Waals surface area contributed by atoms with Crippen LogP contribution in [0.25, 0.3) is 38.6 Å². The molecule has 0 saturated carbocycles. The molecule has 5 rings (SSSR count). The van der Waals surface area contributed by atoms with Crippen molar-refractivity contribution < 1.29 is 4.74 Å². The van der Waals surface area contributed by atoms with Crippen molar-refractivity contribution in [3.63, 3.8) is 0 Å². The number of anilines is 1. The second kappa shape index (κ2) is 9.42. The molecule has 168 valence electrons. The molecule has 0 bridgehead atoms. The fraction of sp³-hybridized carbons (Fsp3) is 0.143. The van der Waals surface area contributed by atoms with Gasteiger partial charge in [-0.25, -0.2) is 4.98 Å². The fourth-order valence-corrected chi connectivity index (χ4v) is 4.99. The molecule has 0 amide bonds. The van der Waals surface area contributed by atoms with Gasteiger partial charge < -0.3 is 14.6 Å². The number of aryl methyl sites for hydroxylation is 1. The van der Waals surface area contributed by atoms with Gasteiger partial charge in [-0.05, 0) is 62.4 Å². The topological polar surface area (TPSA) is 62.9 Å². The number of para-hydroxylation sites is 1. The molecule has 34 heavy (non-hydrogen) atoms. The highest BCUT2D eigenvalue weighted by atomic mass is 32.1. The van der Waals surface area contributed by atoms with E-state index in [0.717, 1.165) is 29.2 Å². The minimum absolute atomic E-state index is 0.498. The van der Waals surface area contributed by atoms with Crippen LogP contribution in [-0.2, 0) is 6.54 Å². The van der Waals surface area contributed by atoms with E-state index in [1.165, 1.54) is 33.1 Å². The highest BCUT2D eigenvalue weighted by Gasteiger charge is 2.11. The van der Waals surface area contributed by atoms with Gasteiger partial charge in [-0.1, -0.05) is 18.2 Å². The number of aromatic nitrogens is 2. The average Bonchev–Trinajstić information content (AvgIpc) is 3.48. The van der Waals surface area contributed by atoms with E-state index >= 15 is 0 Å². The summed E-state index contributed by atoms with van der Waals surface area (Å²) < 4.78 is 7.83. The summed E-state index contributed by atoms with van der Waals surface area (Å²) in [6.45, 7) is 5.68. The van der Waals surface area contributed by atoms with Crippen molar-refractivity contribution in [3.05, 3.63) is 83.3 Å². The van der Waals surface area contributed by atoms with E-state index < -0.39 is 0 Å². The number of rotatable bonds is 7. The average molecular weight is 465 g/mol. The number of allylic oxidation sites excluding steroid dienone is 1. The molecule has 0 fully saturated rings. The summed E-state index contributed by atoms with van der Waals surface area (Å²) in [6.07, 6.45) is 1.74. The van der Waals surface area contributed by atoms with Crippen molar-refractivity contribution in [2.24, 2.45) is 0 Å². The summed E-state index contributed by atoms with van der Waals surface area (Å²) in [5.41, 5.74) is 5.71. The lowest BCUT2D eigenvalue weighted by Crippen LogP contribution is -1.94. The van der Waals surface area contributed by atoms with Crippen LogP contribution >= 0.6 is 11.3 Å². The Morgan fingerprint density at radius 2 is 1.85 bits per heavy atom. The molecular formula is C28H24N4OS. The van der Waals surface area contributed by atoms with Crippen molar-refractivity contribution in [2.45, 2.75) is 20.4 Å². The maximum Gasteiger partial charge on any atom is 0.136 e. The normalized spacial score (nSPS) is 11.6. The molecular weight excluding hydrogens is 440 g/mol. The second-order valence-corrected chi connectivity index (χ2v) is 8.66. The van der Waals surface area contributed by atoms with E-state index in [0.29, 0.717) is 17.2 Å². The standard InChI is InChI=1S/C28H24N4OS/c1-3-32-26-8-6-5-7-23(26)24-15-21(11-14-27(24)32)30-17-20(16-29)28-31-25(18-34-28)19-9-12-22(13-10-19)33-4-2/h5-15,17-18,30H,3-4H2,1-2H3/b20-17+. The molecule has 6 heteroatoms. The first kappa shape index (κ1) is 21.7. The number of nitrogens with zero attached hydrogens (tertiary/aromatic N) is 3. The molecule has 3 aromatic carbocycles. The predicted molar refractivity (Wildman–Crippen MR) is 141 cm³/mol. The van der Waals surface area contributed by atoms with Crippen LogP contribution in [0.1, 0.15) is 18.9 Å². The third-order valence-corrected chi connectivity index (χ3v) is 6.66. The summed E-state index contributed by atoms with van der Waals surface area (Å²) in [6, 6.07) is 24.9. The SMILES string of the molecule is CCOc1ccc(-c2csc(/C(C#N)=C/Nc3ccc4c(c3)c3ccccc3n4CC)n2)cc1. The summed E-state index contributed by atoms with van der Waals surface area (Å²) in [5, 5.41) is 18.2. The molecule has 5 nitrogen and oxygen atoms in total. The van der Waals surface area contributed by atoms with Gasteiger partial charge in [-0.2, -0.15) is 5.26 Å². The van der Waals surface area contributed by atoms with Gasteiger partial charge >= 0.3 is 0 Å². The van der Waals surface area contributed by atoms with Gasteiger partial charge in [0.05, 0.1) is 12.3 Å². The molecule has 2 aromatic heterocycles. The number of hydrogen-bond acceptors (Lipinski definition) is 5. The van der Waals surface area contributed by atoms with Crippen molar-refractivity contribution >= 4 is 44.4 Å². The smallest absolute Gasteiger partial charge is 0.136 e. The van der Waals surface area contributed by atoms with Crippen LogP contribution in [0.2, 0.25) is 0 Å². The second-order valence-electron chi connectivity index (χ2n) is 7.80. The van der Waals surface area contributed by atoms with Crippen molar-refractivity contribution in [1.29, 1.82) is 5.26 Å². The maximum absolute atomic E-state index is 9.77. The van der Waals surface area contributed by atoms with Gasteiger partial charge in [0.1, 0.15) is 22.4 Å². The minimum Gasteiger partial charge on any atom is -0.494 e. The van der Waals surface area contributed by atoms with Crippen LogP contribution in [0.5, 0.6) is 5.75 Å². The molecule has 0 spiro atoms. The van der Waals surface area contributed by atoms with Crippen LogP contribution in [0.15, 0.2) is 78.3 Å². The molecule has 0 radical (unpaired) electrons. The first-order valence-electron chi connectivity index (χ1n) is 11.3. The van der Waals surface area contributed by atoms with E-state index in [4.69, 9.17) is 4.74 Å². The van der Waals surface area contributed by atoms with Gasteiger partial charge in [-0.3, -0.25) is 0 Å². The molecule has 0 aliphatic heterocycles. The van der Waals surface area contributed by atoms with E-state index in [1.807, 2.05) is 42.6 Å². The first-order chi connectivity index (χ1) is 16.7. The molecule has 0 saturated heterocycles. The summed E-state index contributed by atoms with van der Waals surface area (Å²) in [4.78, 5) is 4.69. The largest absolute Gasteiger partial charge is 0.494 e. The van der Waals surface area contributed by atoms with Gasteiger partial charge in [-0.15, -0.1) is 11.3 Å². The zero-order valence-electron chi connectivity index (χ0n) is 19.1. The van der Waals surface area contributed by atoms with Crippen LogP contribution < -0.4 is 10.1 Å². The summed E-state index contributed by atoms with van der Waals surface area (Å²) in [7, 11) is 0. The zero-order valence-corrected chi connectivity index (χ0v) is 19.9. The Morgan fingerprint density at radius 3 is 2.62 bits per heavy atom. The Labute approximate surface area is 202 Å². The Hall–Kier alpha value is -4.08. The predicted octanol–water partition coefficient (Wildman–Crippen LogP) is 7.31. The monoisotopic (exact) mass is 464 g/mol. The molecule has 5 aromatic rings. The van der Waals surface area contributed by atoms with Crippen LogP contribution in [0.3, 0.4) is 0 Å². The zero-order chi connectivity index (χ0) is 23.5. The van der Waals surface area contributed by atoms with E-state index in [2.05, 4.69) is 64.3 Å². The quantitative estimate of drug-likeness (QED) is 0.256. The Bertz CT molecular complexity index is 1540. The van der Waals surface area contributed by atoms with E-state index in [1.54, 1.807) is 6.20 Å². The van der Waals surface area contributed by atoms with Gasteiger partial charge in [0, 0.05) is 51.2 Å². The minimum atomic E-state index is 0.498. The molecule has 2 heterocycles. The first-order valence-corrected chi connectivity index (χ1v) is 12.2. The lowest BCUT2D eigenvalue weighted by atomic mass is 10.1. The molecule has 0 unspecified atom stereocenters. The van der Waals surface area contributed by atoms with Crippen LogP contribution in [0.4, 0.5) is 5.69 Å². The molecule has 1 N–H and O–H groups in total. The van der Waals surface area contributed by atoms with Gasteiger partial charge in [0.25, 0.3) is 0 Å². The van der Waals surface area contributed by atoms with Crippen molar-refractivity contribution in [1.82, 2.24) is 9.55 Å². The van der Waals surface area contributed by atoms with E-state index in [-0.39, 0.29) is 0 Å². The summed E-state index contributed by atoms with van der Waals surface area (Å²) >= 11 is 1.46. The maximum atomic E-state index is 9.77. The third kappa shape index (κ3) is 4.02. The molecule has 0 aliphatic carbocycles. The third-order valence-electron chi connectivity index (χ3n) is 5.79. The highest BCUT2D eigenvalue weighted by molar-refractivity contribution is 7.11. The van der Waals surface area contributed by atoms with Crippen LogP contribution in [0, 0.1) is 11.3 Å². The van der Waals surface area contributed by atoms with Gasteiger partial charge in [0.2, 0.25) is 0 Å². The van der Waals surface area contributed by atoms with Crippen LogP contribution in [-0.4, -0.2) is 16.2 Å². The fourth-order valence-electron chi connectivity index (χ4n) is 4.20. The Kier molecular flexibility index (Phi) is 6.03. The van der Waals surface area contributed by atoms with Crippen molar-refractivity contribution in [3.8, 4) is 23.1 Å². The number of thiazole rings is 1.